The van der Waals surface area contributed by atoms with E-state index in [9.17, 15) is 8.42 Å². The van der Waals surface area contributed by atoms with E-state index in [0.717, 1.165) is 22.7 Å². The summed E-state index contributed by atoms with van der Waals surface area (Å²) in [7, 11) is 2.67. The molecule has 0 aliphatic rings. The summed E-state index contributed by atoms with van der Waals surface area (Å²) in [5.41, 5.74) is 1.83. The lowest BCUT2D eigenvalue weighted by Gasteiger charge is -2.16. The van der Waals surface area contributed by atoms with Gasteiger partial charge in [0.15, 0.2) is 23.0 Å². The molecule has 30 heavy (non-hydrogen) atoms. The maximum atomic E-state index is 11.9. The molecule has 0 amide bonds. The number of sulfonamides is 1. The molecule has 0 aliphatic heterocycles. The highest BCUT2D eigenvalue weighted by Crippen LogP contribution is 2.37. The summed E-state index contributed by atoms with van der Waals surface area (Å²) in [5.74, 6) is 2.12. The normalized spacial score (nSPS) is 11.2. The summed E-state index contributed by atoms with van der Waals surface area (Å²) >= 11 is 0. The summed E-state index contributed by atoms with van der Waals surface area (Å²) in [6, 6.07) is 8.97. The average molecular weight is 432 g/mol. The van der Waals surface area contributed by atoms with Crippen molar-refractivity contribution in [2.45, 2.75) is 6.42 Å². The molecule has 9 heteroatoms. The van der Waals surface area contributed by atoms with Gasteiger partial charge in [-0.1, -0.05) is 0 Å². The zero-order valence-corrected chi connectivity index (χ0v) is 18.3. The van der Waals surface area contributed by atoms with Crippen molar-refractivity contribution in [3.63, 3.8) is 0 Å². The first-order valence-electron chi connectivity index (χ1n) is 9.02. The molecular formula is C21H24N2O6S. The van der Waals surface area contributed by atoms with Gasteiger partial charge in [0, 0.05) is 24.1 Å². The highest BCUT2D eigenvalue weighted by atomic mass is 32.2. The van der Waals surface area contributed by atoms with Crippen molar-refractivity contribution in [3.05, 3.63) is 47.8 Å². The predicted octanol–water partition coefficient (Wildman–Crippen LogP) is 3.23. The highest BCUT2D eigenvalue weighted by molar-refractivity contribution is 7.92. The molecule has 0 fully saturated rings. The van der Waals surface area contributed by atoms with Gasteiger partial charge in [0.1, 0.15) is 0 Å². The fraction of sp³-hybridized carbons (Fsp3) is 0.286. The number of fused-ring (bicyclic) bond motifs is 1. The zero-order valence-electron chi connectivity index (χ0n) is 17.5. The van der Waals surface area contributed by atoms with Crippen LogP contribution < -0.4 is 23.7 Å². The number of nitrogens with zero attached hydrogens (tertiary/aromatic N) is 1. The number of benzene rings is 2. The molecule has 0 unspecified atom stereocenters. The lowest BCUT2D eigenvalue weighted by molar-refractivity contribution is 0.355. The van der Waals surface area contributed by atoms with Gasteiger partial charge in [-0.05, 0) is 35.2 Å². The van der Waals surface area contributed by atoms with Gasteiger partial charge in [-0.2, -0.15) is 0 Å². The summed E-state index contributed by atoms with van der Waals surface area (Å²) in [6.45, 7) is 0. The first kappa shape index (κ1) is 21.5. The Morgan fingerprint density at radius 2 is 1.43 bits per heavy atom. The van der Waals surface area contributed by atoms with Crippen molar-refractivity contribution in [3.8, 4) is 23.0 Å². The highest BCUT2D eigenvalue weighted by Gasteiger charge is 2.17. The van der Waals surface area contributed by atoms with Crippen LogP contribution in [0.2, 0.25) is 0 Å². The van der Waals surface area contributed by atoms with Crippen LogP contribution in [0.25, 0.3) is 10.8 Å². The number of nitrogens with one attached hydrogen (secondary N) is 1. The van der Waals surface area contributed by atoms with Crippen LogP contribution in [0.15, 0.2) is 36.5 Å². The Kier molecular flexibility index (Phi) is 6.21. The minimum Gasteiger partial charge on any atom is -0.493 e. The second-order valence-corrected chi connectivity index (χ2v) is 8.35. The average Bonchev–Trinajstić information content (AvgIpc) is 2.72. The predicted molar refractivity (Wildman–Crippen MR) is 116 cm³/mol. The maximum Gasteiger partial charge on any atom is 0.229 e. The van der Waals surface area contributed by atoms with Gasteiger partial charge in [-0.3, -0.25) is 9.71 Å². The van der Waals surface area contributed by atoms with Gasteiger partial charge in [-0.25, -0.2) is 8.42 Å². The number of ether oxygens (including phenoxy) is 4. The Balaban J connectivity index is 2.16. The van der Waals surface area contributed by atoms with E-state index < -0.39 is 10.0 Å². The van der Waals surface area contributed by atoms with Gasteiger partial charge in [0.25, 0.3) is 0 Å². The van der Waals surface area contributed by atoms with E-state index in [1.807, 2.05) is 18.2 Å². The third-order valence-corrected chi connectivity index (χ3v) is 5.20. The largest absolute Gasteiger partial charge is 0.493 e. The quantitative estimate of drug-likeness (QED) is 0.584. The van der Waals surface area contributed by atoms with Crippen molar-refractivity contribution in [1.29, 1.82) is 0 Å². The van der Waals surface area contributed by atoms with Crippen LogP contribution in [-0.2, 0) is 16.4 Å². The number of methoxy groups -OCH3 is 4. The lowest BCUT2D eigenvalue weighted by Crippen LogP contribution is -2.12. The van der Waals surface area contributed by atoms with E-state index in [0.29, 0.717) is 40.7 Å². The second-order valence-electron chi connectivity index (χ2n) is 6.60. The summed E-state index contributed by atoms with van der Waals surface area (Å²) in [4.78, 5) is 4.52. The van der Waals surface area contributed by atoms with Gasteiger partial charge < -0.3 is 18.9 Å². The summed E-state index contributed by atoms with van der Waals surface area (Å²) < 4.78 is 47.9. The van der Waals surface area contributed by atoms with Crippen LogP contribution >= 0.6 is 0 Å². The van der Waals surface area contributed by atoms with Gasteiger partial charge in [-0.15, -0.1) is 0 Å². The van der Waals surface area contributed by atoms with Crippen molar-refractivity contribution < 1.29 is 27.4 Å². The third-order valence-electron chi connectivity index (χ3n) is 4.61. The molecule has 0 aliphatic carbocycles. The summed E-state index contributed by atoms with van der Waals surface area (Å²) in [5, 5.41) is 1.80. The van der Waals surface area contributed by atoms with Crippen molar-refractivity contribution in [2.75, 3.05) is 39.4 Å². The molecular weight excluding hydrogens is 408 g/mol. The van der Waals surface area contributed by atoms with E-state index in [1.165, 1.54) is 14.2 Å². The minimum atomic E-state index is -3.50. The zero-order chi connectivity index (χ0) is 21.9. The molecule has 1 aromatic heterocycles. The van der Waals surface area contributed by atoms with Crippen LogP contribution in [-0.4, -0.2) is 48.1 Å². The molecule has 1 heterocycles. The maximum absolute atomic E-state index is 11.9. The van der Waals surface area contributed by atoms with Crippen molar-refractivity contribution in [2.24, 2.45) is 0 Å². The molecule has 0 atom stereocenters. The first-order chi connectivity index (χ1) is 14.3. The molecule has 3 aromatic rings. The smallest absolute Gasteiger partial charge is 0.229 e. The summed E-state index contributed by atoms with van der Waals surface area (Å²) in [6.07, 6.45) is 3.15. The van der Waals surface area contributed by atoms with Crippen LogP contribution in [0.5, 0.6) is 23.0 Å². The molecule has 160 valence electrons. The number of anilines is 1. The van der Waals surface area contributed by atoms with Crippen LogP contribution in [0.3, 0.4) is 0 Å². The van der Waals surface area contributed by atoms with E-state index in [4.69, 9.17) is 18.9 Å². The van der Waals surface area contributed by atoms with Crippen LogP contribution in [0, 0.1) is 0 Å². The molecule has 2 aromatic carbocycles. The van der Waals surface area contributed by atoms with E-state index in [1.54, 1.807) is 32.5 Å². The van der Waals surface area contributed by atoms with Gasteiger partial charge >= 0.3 is 0 Å². The molecule has 0 spiro atoms. The first-order valence-corrected chi connectivity index (χ1v) is 10.9. The van der Waals surface area contributed by atoms with E-state index in [-0.39, 0.29) is 0 Å². The van der Waals surface area contributed by atoms with Crippen LogP contribution in [0.4, 0.5) is 5.69 Å². The van der Waals surface area contributed by atoms with Gasteiger partial charge in [0.05, 0.1) is 46.1 Å². The topological polar surface area (TPSA) is 96.0 Å². The monoisotopic (exact) mass is 432 g/mol. The standard InChI is InChI=1S/C21H24N2O6S/c1-26-18-9-13-6-7-22-17(15(13)11-20(18)28-3)8-14-10-19(27-2)21(29-4)12-16(14)23-30(5,24)25/h6-7,9-12,23H,8H2,1-5H3. The fourth-order valence-electron chi connectivity index (χ4n) is 3.24. The molecule has 0 saturated heterocycles. The Bertz CT molecular complexity index is 1180. The van der Waals surface area contributed by atoms with Crippen molar-refractivity contribution >= 4 is 26.5 Å². The Hall–Kier alpha value is -3.20. The third kappa shape index (κ3) is 4.51. The van der Waals surface area contributed by atoms with Crippen molar-refractivity contribution in [1.82, 2.24) is 4.98 Å². The van der Waals surface area contributed by atoms with Gasteiger partial charge in [0.2, 0.25) is 10.0 Å². The molecule has 0 bridgehead atoms. The second kappa shape index (κ2) is 8.66. The molecule has 1 N–H and O–H groups in total. The fourth-order valence-corrected chi connectivity index (χ4v) is 3.83. The minimum absolute atomic E-state index is 0.352. The molecule has 3 rings (SSSR count). The molecule has 0 saturated carbocycles. The van der Waals surface area contributed by atoms with E-state index in [2.05, 4.69) is 9.71 Å². The Labute approximate surface area is 175 Å². The Morgan fingerprint density at radius 3 is 2.03 bits per heavy atom. The number of hydrogen-bond donors (Lipinski definition) is 1. The Morgan fingerprint density at radius 1 is 0.867 bits per heavy atom. The number of pyridine rings is 1. The number of aromatic nitrogens is 1. The number of hydrogen-bond acceptors (Lipinski definition) is 7. The number of rotatable bonds is 8. The molecule has 0 radical (unpaired) electrons. The SMILES string of the molecule is COc1cc(Cc2nccc3cc(OC)c(OC)cc23)c(NS(C)(=O)=O)cc1OC. The van der Waals surface area contributed by atoms with Crippen LogP contribution in [0.1, 0.15) is 11.3 Å². The molecule has 8 nitrogen and oxygen atoms in total. The van der Waals surface area contributed by atoms with E-state index >= 15 is 0 Å². The lowest BCUT2D eigenvalue weighted by atomic mass is 10.0.